The number of hydrogen-bond donors (Lipinski definition) is 4. The fourth-order valence-electron chi connectivity index (χ4n) is 1.49. The molecule has 1 aliphatic heterocycles. The Hall–Kier alpha value is -2.12. The van der Waals surface area contributed by atoms with Crippen LogP contribution < -0.4 is 21.1 Å². The third-order valence-electron chi connectivity index (χ3n) is 2.41. The summed E-state index contributed by atoms with van der Waals surface area (Å²) in [4.78, 5) is 22.6. The lowest BCUT2D eigenvalue weighted by Crippen LogP contribution is -2.34. The molecule has 1 aliphatic rings. The third kappa shape index (κ3) is 2.58. The predicted molar refractivity (Wildman–Crippen MR) is 64.3 cm³/mol. The minimum atomic E-state index is -1.26. The molecule has 0 radical (unpaired) electrons. The maximum Gasteiger partial charge on any atom is 0.262 e. The molecule has 96 valence electrons. The van der Waals surface area contributed by atoms with Crippen LogP contribution in [0.5, 0.6) is 5.75 Å². The van der Waals surface area contributed by atoms with Crippen LogP contribution in [0.25, 0.3) is 0 Å². The number of carbonyl (C=O) groups is 2. The number of benzene rings is 1. The number of hydrogen-bond acceptors (Lipinski definition) is 5. The van der Waals surface area contributed by atoms with Crippen LogP contribution in [0.1, 0.15) is 0 Å². The van der Waals surface area contributed by atoms with E-state index in [9.17, 15) is 14.7 Å². The van der Waals surface area contributed by atoms with Gasteiger partial charge < -0.3 is 26.2 Å². The molecule has 0 saturated heterocycles. The van der Waals surface area contributed by atoms with Gasteiger partial charge in [-0.1, -0.05) is 0 Å². The number of rotatable bonds is 3. The number of amides is 2. The maximum absolute atomic E-state index is 11.4. The lowest BCUT2D eigenvalue weighted by Gasteiger charge is -2.19. The molecule has 7 heteroatoms. The normalized spacial score (nSPS) is 15.1. The Labute approximate surface area is 103 Å². The first-order valence-electron chi connectivity index (χ1n) is 5.36. The van der Waals surface area contributed by atoms with Gasteiger partial charge in [-0.05, 0) is 18.2 Å². The number of nitrogens with one attached hydrogen (secondary N) is 2. The highest BCUT2D eigenvalue weighted by Crippen LogP contribution is 2.30. The van der Waals surface area contributed by atoms with E-state index in [1.165, 1.54) is 0 Å². The molecule has 0 spiro atoms. The van der Waals surface area contributed by atoms with Gasteiger partial charge >= 0.3 is 0 Å². The van der Waals surface area contributed by atoms with Gasteiger partial charge in [0.1, 0.15) is 11.9 Å². The summed E-state index contributed by atoms with van der Waals surface area (Å²) in [6, 6.07) is 4.78. The standard InChI is InChI=1S/C11H13N3O4/c12-4-8(15)11(17)13-6-1-2-9-7(3-6)14-10(16)5-18-9/h1-3,8,15H,4-5,12H2,(H,13,17)(H,14,16). The maximum atomic E-state index is 11.4. The minimum Gasteiger partial charge on any atom is -0.482 e. The zero-order valence-electron chi connectivity index (χ0n) is 9.47. The van der Waals surface area contributed by atoms with Gasteiger partial charge in [-0.15, -0.1) is 0 Å². The summed E-state index contributed by atoms with van der Waals surface area (Å²) in [5.41, 5.74) is 6.09. The Morgan fingerprint density at radius 1 is 1.61 bits per heavy atom. The van der Waals surface area contributed by atoms with Crippen molar-refractivity contribution in [2.24, 2.45) is 5.73 Å². The monoisotopic (exact) mass is 251 g/mol. The highest BCUT2D eigenvalue weighted by Gasteiger charge is 2.17. The Balaban J connectivity index is 2.13. The predicted octanol–water partition coefficient (Wildman–Crippen LogP) is -0.724. The van der Waals surface area contributed by atoms with Gasteiger partial charge in [0.25, 0.3) is 11.8 Å². The SMILES string of the molecule is NCC(O)C(=O)Nc1ccc2c(c1)NC(=O)CO2. The number of aliphatic hydroxyl groups excluding tert-OH is 1. The summed E-state index contributed by atoms with van der Waals surface area (Å²) in [7, 11) is 0. The van der Waals surface area contributed by atoms with E-state index in [-0.39, 0.29) is 19.1 Å². The minimum absolute atomic E-state index is 0.0232. The lowest BCUT2D eigenvalue weighted by atomic mass is 10.2. The van der Waals surface area contributed by atoms with Crippen molar-refractivity contribution in [3.05, 3.63) is 18.2 Å². The summed E-state index contributed by atoms with van der Waals surface area (Å²) >= 11 is 0. The van der Waals surface area contributed by atoms with Crippen molar-refractivity contribution in [1.29, 1.82) is 0 Å². The van der Waals surface area contributed by atoms with E-state index >= 15 is 0 Å². The van der Waals surface area contributed by atoms with Crippen LogP contribution in [-0.4, -0.2) is 36.2 Å². The molecule has 0 bridgehead atoms. The van der Waals surface area contributed by atoms with Gasteiger partial charge in [-0.2, -0.15) is 0 Å². The molecular weight excluding hydrogens is 238 g/mol. The summed E-state index contributed by atoms with van der Waals surface area (Å²) in [5, 5.41) is 14.3. The van der Waals surface area contributed by atoms with Gasteiger partial charge in [0.2, 0.25) is 0 Å². The van der Waals surface area contributed by atoms with E-state index in [0.29, 0.717) is 17.1 Å². The average Bonchev–Trinajstić information content (AvgIpc) is 2.37. The zero-order chi connectivity index (χ0) is 13.1. The number of carbonyl (C=O) groups excluding carboxylic acids is 2. The number of fused-ring (bicyclic) bond motifs is 1. The number of ether oxygens (including phenoxy) is 1. The second-order valence-electron chi connectivity index (χ2n) is 3.79. The van der Waals surface area contributed by atoms with Crippen LogP contribution in [0, 0.1) is 0 Å². The smallest absolute Gasteiger partial charge is 0.262 e. The topological polar surface area (TPSA) is 114 Å². The molecule has 1 heterocycles. The van der Waals surface area contributed by atoms with E-state index in [1.807, 2.05) is 0 Å². The second-order valence-corrected chi connectivity index (χ2v) is 3.79. The van der Waals surface area contributed by atoms with Crippen LogP contribution in [0.2, 0.25) is 0 Å². The first-order chi connectivity index (χ1) is 8.60. The molecule has 2 rings (SSSR count). The molecule has 18 heavy (non-hydrogen) atoms. The van der Waals surface area contributed by atoms with Crippen molar-refractivity contribution in [1.82, 2.24) is 0 Å². The van der Waals surface area contributed by atoms with Crippen LogP contribution in [0.15, 0.2) is 18.2 Å². The Morgan fingerprint density at radius 2 is 2.39 bits per heavy atom. The van der Waals surface area contributed by atoms with Crippen molar-refractivity contribution >= 4 is 23.2 Å². The van der Waals surface area contributed by atoms with E-state index in [0.717, 1.165) is 0 Å². The fourth-order valence-corrected chi connectivity index (χ4v) is 1.49. The van der Waals surface area contributed by atoms with Crippen molar-refractivity contribution in [3.8, 4) is 5.75 Å². The van der Waals surface area contributed by atoms with Crippen LogP contribution in [-0.2, 0) is 9.59 Å². The largest absolute Gasteiger partial charge is 0.482 e. The molecule has 0 aromatic heterocycles. The first-order valence-corrected chi connectivity index (χ1v) is 5.36. The summed E-state index contributed by atoms with van der Waals surface area (Å²) in [6.45, 7) is -0.179. The number of anilines is 2. The van der Waals surface area contributed by atoms with Crippen molar-refractivity contribution in [3.63, 3.8) is 0 Å². The van der Waals surface area contributed by atoms with E-state index in [2.05, 4.69) is 10.6 Å². The van der Waals surface area contributed by atoms with Crippen molar-refractivity contribution < 1.29 is 19.4 Å². The van der Waals surface area contributed by atoms with E-state index in [1.54, 1.807) is 18.2 Å². The molecule has 0 fully saturated rings. The number of nitrogens with two attached hydrogens (primary N) is 1. The van der Waals surface area contributed by atoms with Gasteiger partial charge in [0, 0.05) is 12.2 Å². The summed E-state index contributed by atoms with van der Waals surface area (Å²) in [6.07, 6.45) is -1.26. The van der Waals surface area contributed by atoms with Gasteiger partial charge in [-0.25, -0.2) is 0 Å². The van der Waals surface area contributed by atoms with Gasteiger partial charge in [0.15, 0.2) is 6.61 Å². The Bertz CT molecular complexity index is 489. The Kier molecular flexibility index (Phi) is 3.45. The zero-order valence-corrected chi connectivity index (χ0v) is 9.47. The van der Waals surface area contributed by atoms with Crippen LogP contribution in [0.4, 0.5) is 11.4 Å². The van der Waals surface area contributed by atoms with Gasteiger partial charge in [-0.3, -0.25) is 9.59 Å². The molecule has 5 N–H and O–H groups in total. The van der Waals surface area contributed by atoms with Crippen molar-refractivity contribution in [2.45, 2.75) is 6.10 Å². The summed E-state index contributed by atoms with van der Waals surface area (Å²) in [5.74, 6) is -0.319. The highest BCUT2D eigenvalue weighted by atomic mass is 16.5. The van der Waals surface area contributed by atoms with E-state index < -0.39 is 12.0 Å². The molecule has 0 saturated carbocycles. The quantitative estimate of drug-likeness (QED) is 0.566. The first kappa shape index (κ1) is 12.3. The average molecular weight is 251 g/mol. The van der Waals surface area contributed by atoms with E-state index in [4.69, 9.17) is 10.5 Å². The number of aliphatic hydroxyl groups is 1. The molecule has 0 aliphatic carbocycles. The lowest BCUT2D eigenvalue weighted by molar-refractivity contribution is -0.123. The third-order valence-corrected chi connectivity index (χ3v) is 2.41. The van der Waals surface area contributed by atoms with Gasteiger partial charge in [0.05, 0.1) is 5.69 Å². The van der Waals surface area contributed by atoms with Crippen LogP contribution in [0.3, 0.4) is 0 Å². The van der Waals surface area contributed by atoms with Crippen molar-refractivity contribution in [2.75, 3.05) is 23.8 Å². The molecular formula is C11H13N3O4. The molecule has 1 atom stereocenters. The highest BCUT2D eigenvalue weighted by molar-refractivity contribution is 5.98. The molecule has 2 amide bonds. The second kappa shape index (κ2) is 5.03. The molecule has 1 aromatic carbocycles. The molecule has 1 unspecified atom stereocenters. The van der Waals surface area contributed by atoms with Crippen LogP contribution >= 0.6 is 0 Å². The fraction of sp³-hybridized carbons (Fsp3) is 0.273. The molecule has 1 aromatic rings. The molecule has 7 nitrogen and oxygen atoms in total. The Morgan fingerprint density at radius 3 is 3.11 bits per heavy atom. The summed E-state index contributed by atoms with van der Waals surface area (Å²) < 4.78 is 5.17.